The summed E-state index contributed by atoms with van der Waals surface area (Å²) in [6.45, 7) is 11.7. The Morgan fingerprint density at radius 1 is 1.20 bits per heavy atom. The van der Waals surface area contributed by atoms with E-state index in [-0.39, 0.29) is 0 Å². The molecule has 0 aliphatic rings. The smallest absolute Gasteiger partial charge is 0.115 e. The van der Waals surface area contributed by atoms with Crippen molar-refractivity contribution in [2.24, 2.45) is 0 Å². The maximum absolute atomic E-state index is 4.61. The van der Waals surface area contributed by atoms with Gasteiger partial charge in [0.2, 0.25) is 0 Å². The van der Waals surface area contributed by atoms with Crippen LogP contribution in [0.3, 0.4) is 0 Å². The highest BCUT2D eigenvalue weighted by Crippen LogP contribution is 2.22. The summed E-state index contributed by atoms with van der Waals surface area (Å²) in [7, 11) is 0. The van der Waals surface area contributed by atoms with E-state index in [4.69, 9.17) is 0 Å². The molecule has 2 rings (SSSR count). The van der Waals surface area contributed by atoms with Gasteiger partial charge in [0.05, 0.1) is 5.69 Å². The number of nitrogens with zero attached hydrogens (tertiary/aromatic N) is 4. The van der Waals surface area contributed by atoms with Crippen LogP contribution in [0.1, 0.15) is 61.7 Å². The zero-order chi connectivity index (χ0) is 14.7. The first-order valence-electron chi connectivity index (χ1n) is 7.30. The quantitative estimate of drug-likeness (QED) is 0.835. The zero-order valence-electron chi connectivity index (χ0n) is 13.1. The van der Waals surface area contributed by atoms with Crippen LogP contribution in [0, 0.1) is 13.8 Å². The van der Waals surface area contributed by atoms with Gasteiger partial charge in [0.25, 0.3) is 0 Å². The summed E-state index contributed by atoms with van der Waals surface area (Å²) in [5.41, 5.74) is 4.73. The Kier molecular flexibility index (Phi) is 4.53. The highest BCUT2D eigenvalue weighted by atomic mass is 15.3. The van der Waals surface area contributed by atoms with Crippen molar-refractivity contribution in [3.8, 4) is 0 Å². The minimum absolute atomic E-state index is 0.445. The summed E-state index contributed by atoms with van der Waals surface area (Å²) in [6, 6.07) is 2.19. The molecule has 0 saturated heterocycles. The Morgan fingerprint density at radius 2 is 1.95 bits per heavy atom. The van der Waals surface area contributed by atoms with Crippen molar-refractivity contribution in [3.05, 3.63) is 41.2 Å². The highest BCUT2D eigenvalue weighted by molar-refractivity contribution is 5.19. The molecule has 2 heterocycles. The molecule has 20 heavy (non-hydrogen) atoms. The fraction of sp³-hybridized carbons (Fsp3) is 0.562. The van der Waals surface area contributed by atoms with Crippen LogP contribution in [0.25, 0.3) is 0 Å². The predicted molar refractivity (Wildman–Crippen MR) is 80.9 cm³/mol. The molecule has 0 fully saturated rings. The molecule has 0 amide bonds. The van der Waals surface area contributed by atoms with Crippen molar-refractivity contribution >= 4 is 0 Å². The molecule has 0 spiro atoms. The molecule has 108 valence electrons. The molecule has 0 saturated carbocycles. The third kappa shape index (κ3) is 3.24. The first kappa shape index (κ1) is 14.7. The van der Waals surface area contributed by atoms with Crippen LogP contribution in [0.4, 0.5) is 0 Å². The van der Waals surface area contributed by atoms with Gasteiger partial charge in [-0.25, -0.2) is 9.97 Å². The molecular formula is C16H24N4. The predicted octanol–water partition coefficient (Wildman–Crippen LogP) is 3.61. The molecule has 1 atom stereocenters. The average Bonchev–Trinajstić information content (AvgIpc) is 2.78. The van der Waals surface area contributed by atoms with Crippen LogP contribution in [-0.2, 0) is 6.54 Å². The van der Waals surface area contributed by atoms with Gasteiger partial charge in [-0.3, -0.25) is 4.68 Å². The summed E-state index contributed by atoms with van der Waals surface area (Å²) >= 11 is 0. The van der Waals surface area contributed by atoms with Crippen molar-refractivity contribution < 1.29 is 0 Å². The van der Waals surface area contributed by atoms with E-state index in [0.29, 0.717) is 11.8 Å². The molecule has 2 aromatic rings. The minimum Gasteiger partial charge on any atom is -0.269 e. The Bertz CT molecular complexity index is 572. The number of aromatic nitrogens is 4. The molecule has 4 nitrogen and oxygen atoms in total. The number of aryl methyl sites for hydroxylation is 3. The number of rotatable bonds is 5. The van der Waals surface area contributed by atoms with Crippen molar-refractivity contribution in [1.29, 1.82) is 0 Å². The Labute approximate surface area is 121 Å². The maximum atomic E-state index is 4.61. The summed E-state index contributed by atoms with van der Waals surface area (Å²) < 4.78 is 2.15. The van der Waals surface area contributed by atoms with Gasteiger partial charge in [-0.1, -0.05) is 20.8 Å². The topological polar surface area (TPSA) is 43.6 Å². The third-order valence-corrected chi connectivity index (χ3v) is 3.78. The van der Waals surface area contributed by atoms with Gasteiger partial charge in [-0.05, 0) is 43.7 Å². The standard InChI is InChI=1S/C16H24N4/c1-11(2)16-8-13(4)19-20(16)7-6-12(3)15-9-17-10-18-14(15)5/h8-12H,6-7H2,1-5H3. The van der Waals surface area contributed by atoms with Crippen molar-refractivity contribution in [1.82, 2.24) is 19.7 Å². The first-order chi connectivity index (χ1) is 9.49. The Morgan fingerprint density at radius 3 is 2.60 bits per heavy atom. The molecule has 0 aliphatic carbocycles. The molecule has 0 aliphatic heterocycles. The Hall–Kier alpha value is -1.71. The lowest BCUT2D eigenvalue weighted by atomic mass is 9.98. The third-order valence-electron chi connectivity index (χ3n) is 3.78. The monoisotopic (exact) mass is 272 g/mol. The lowest BCUT2D eigenvalue weighted by Crippen LogP contribution is -2.10. The zero-order valence-corrected chi connectivity index (χ0v) is 13.1. The van der Waals surface area contributed by atoms with Crippen LogP contribution in [-0.4, -0.2) is 19.7 Å². The molecule has 0 aromatic carbocycles. The van der Waals surface area contributed by atoms with Gasteiger partial charge in [-0.15, -0.1) is 0 Å². The summed E-state index contributed by atoms with van der Waals surface area (Å²) in [4.78, 5) is 8.41. The SMILES string of the molecule is Cc1cc(C(C)C)n(CCC(C)c2cncnc2C)n1. The summed E-state index contributed by atoms with van der Waals surface area (Å²) in [5.74, 6) is 0.953. The van der Waals surface area contributed by atoms with E-state index in [9.17, 15) is 0 Å². The molecule has 1 unspecified atom stereocenters. The van der Waals surface area contributed by atoms with Gasteiger partial charge >= 0.3 is 0 Å². The van der Waals surface area contributed by atoms with Gasteiger partial charge in [-0.2, -0.15) is 5.10 Å². The second-order valence-corrected chi connectivity index (χ2v) is 5.84. The number of hydrogen-bond donors (Lipinski definition) is 0. The molecule has 0 radical (unpaired) electrons. The highest BCUT2D eigenvalue weighted by Gasteiger charge is 2.13. The molecule has 0 bridgehead atoms. The van der Waals surface area contributed by atoms with E-state index < -0.39 is 0 Å². The lowest BCUT2D eigenvalue weighted by Gasteiger charge is -2.15. The van der Waals surface area contributed by atoms with E-state index in [1.54, 1.807) is 6.33 Å². The lowest BCUT2D eigenvalue weighted by molar-refractivity contribution is 0.503. The van der Waals surface area contributed by atoms with E-state index in [1.807, 2.05) is 13.1 Å². The van der Waals surface area contributed by atoms with Crippen molar-refractivity contribution in [2.75, 3.05) is 0 Å². The Balaban J connectivity index is 2.07. The van der Waals surface area contributed by atoms with E-state index in [1.165, 1.54) is 11.3 Å². The molecule has 0 N–H and O–H groups in total. The van der Waals surface area contributed by atoms with Gasteiger partial charge in [0, 0.05) is 24.1 Å². The van der Waals surface area contributed by atoms with Crippen LogP contribution in [0.2, 0.25) is 0 Å². The molecule has 4 heteroatoms. The van der Waals surface area contributed by atoms with E-state index in [0.717, 1.165) is 24.4 Å². The summed E-state index contributed by atoms with van der Waals surface area (Å²) in [5, 5.41) is 4.61. The van der Waals surface area contributed by atoms with Crippen LogP contribution in [0.15, 0.2) is 18.6 Å². The molecule has 2 aromatic heterocycles. The minimum atomic E-state index is 0.445. The van der Waals surface area contributed by atoms with Gasteiger partial charge in [0.1, 0.15) is 6.33 Å². The fourth-order valence-corrected chi connectivity index (χ4v) is 2.57. The number of hydrogen-bond acceptors (Lipinski definition) is 3. The van der Waals surface area contributed by atoms with Crippen LogP contribution < -0.4 is 0 Å². The maximum Gasteiger partial charge on any atom is 0.115 e. The summed E-state index contributed by atoms with van der Waals surface area (Å²) in [6.07, 6.45) is 4.60. The van der Waals surface area contributed by atoms with E-state index in [2.05, 4.69) is 53.5 Å². The first-order valence-corrected chi connectivity index (χ1v) is 7.30. The molecular weight excluding hydrogens is 248 g/mol. The second kappa shape index (κ2) is 6.16. The average molecular weight is 272 g/mol. The van der Waals surface area contributed by atoms with Crippen LogP contribution >= 0.6 is 0 Å². The van der Waals surface area contributed by atoms with Crippen molar-refractivity contribution in [2.45, 2.75) is 59.4 Å². The van der Waals surface area contributed by atoms with Crippen LogP contribution in [0.5, 0.6) is 0 Å². The fourth-order valence-electron chi connectivity index (χ4n) is 2.57. The van der Waals surface area contributed by atoms with Gasteiger partial charge in [0.15, 0.2) is 0 Å². The van der Waals surface area contributed by atoms with E-state index >= 15 is 0 Å². The largest absolute Gasteiger partial charge is 0.269 e. The second-order valence-electron chi connectivity index (χ2n) is 5.84. The van der Waals surface area contributed by atoms with Crippen molar-refractivity contribution in [3.63, 3.8) is 0 Å². The van der Waals surface area contributed by atoms with Gasteiger partial charge < -0.3 is 0 Å². The normalized spacial score (nSPS) is 12.9.